The number of rotatable bonds is 1. The third-order valence-corrected chi connectivity index (χ3v) is 2.11. The molecule has 0 fully saturated rings. The minimum absolute atomic E-state index is 1.01. The van der Waals surface area contributed by atoms with Crippen molar-refractivity contribution in [2.45, 2.75) is 19.3 Å². The first-order valence-corrected chi connectivity index (χ1v) is 3.92. The van der Waals surface area contributed by atoms with Crippen molar-refractivity contribution in [1.82, 2.24) is 9.97 Å². The average Bonchev–Trinajstić information content (AvgIpc) is 2.50. The summed E-state index contributed by atoms with van der Waals surface area (Å²) in [4.78, 5) is 8.36. The summed E-state index contributed by atoms with van der Waals surface area (Å²) in [7, 11) is 1.90. The summed E-state index contributed by atoms with van der Waals surface area (Å²) in [6, 6.07) is 0. The van der Waals surface area contributed by atoms with E-state index in [9.17, 15) is 0 Å². The number of fused-ring (bicyclic) bond motifs is 1. The van der Waals surface area contributed by atoms with Crippen LogP contribution < -0.4 is 5.32 Å². The zero-order valence-corrected chi connectivity index (χ0v) is 6.59. The summed E-state index contributed by atoms with van der Waals surface area (Å²) < 4.78 is 0. The molecule has 0 radical (unpaired) electrons. The first-order chi connectivity index (χ1) is 5.42. The lowest BCUT2D eigenvalue weighted by molar-refractivity contribution is 0.899. The summed E-state index contributed by atoms with van der Waals surface area (Å²) in [6.07, 6.45) is 5.11. The average molecular weight is 149 g/mol. The van der Waals surface area contributed by atoms with Gasteiger partial charge in [0.2, 0.25) is 0 Å². The van der Waals surface area contributed by atoms with Crippen molar-refractivity contribution in [3.05, 3.63) is 17.6 Å². The molecule has 1 aromatic heterocycles. The molecule has 1 aromatic rings. The lowest BCUT2D eigenvalue weighted by atomic mass is 10.2. The molecule has 1 aliphatic rings. The zero-order valence-electron chi connectivity index (χ0n) is 6.59. The van der Waals surface area contributed by atoms with Gasteiger partial charge >= 0.3 is 0 Å². The van der Waals surface area contributed by atoms with Crippen LogP contribution in [-0.2, 0) is 12.8 Å². The molecule has 0 atom stereocenters. The van der Waals surface area contributed by atoms with E-state index in [0.717, 1.165) is 18.7 Å². The molecule has 0 aromatic carbocycles. The molecule has 58 valence electrons. The number of nitrogens with one attached hydrogen (secondary N) is 1. The van der Waals surface area contributed by atoms with Gasteiger partial charge in [0.05, 0.1) is 0 Å². The van der Waals surface area contributed by atoms with Crippen LogP contribution in [0.3, 0.4) is 0 Å². The minimum Gasteiger partial charge on any atom is -0.373 e. The highest BCUT2D eigenvalue weighted by Crippen LogP contribution is 2.24. The van der Waals surface area contributed by atoms with E-state index in [1.165, 1.54) is 17.7 Å². The highest BCUT2D eigenvalue weighted by molar-refractivity contribution is 5.47. The molecule has 2 rings (SSSR count). The van der Waals surface area contributed by atoms with Crippen LogP contribution in [0.4, 0.5) is 5.82 Å². The monoisotopic (exact) mass is 149 g/mol. The van der Waals surface area contributed by atoms with Gasteiger partial charge in [-0.2, -0.15) is 0 Å². The van der Waals surface area contributed by atoms with Crippen LogP contribution in [0.15, 0.2) is 6.33 Å². The topological polar surface area (TPSA) is 37.8 Å². The largest absolute Gasteiger partial charge is 0.373 e. The molecule has 1 heterocycles. The second kappa shape index (κ2) is 2.49. The van der Waals surface area contributed by atoms with Crippen LogP contribution in [0.5, 0.6) is 0 Å². The van der Waals surface area contributed by atoms with E-state index >= 15 is 0 Å². The van der Waals surface area contributed by atoms with Crippen molar-refractivity contribution in [3.8, 4) is 0 Å². The Kier molecular flexibility index (Phi) is 1.49. The van der Waals surface area contributed by atoms with Crippen LogP contribution in [0.2, 0.25) is 0 Å². The Hall–Kier alpha value is -1.12. The van der Waals surface area contributed by atoms with Gasteiger partial charge in [0.15, 0.2) is 0 Å². The number of hydrogen-bond donors (Lipinski definition) is 1. The Bertz CT molecular complexity index is 270. The molecule has 0 aliphatic heterocycles. The van der Waals surface area contributed by atoms with Gasteiger partial charge in [0.1, 0.15) is 12.1 Å². The van der Waals surface area contributed by atoms with E-state index in [2.05, 4.69) is 15.3 Å². The maximum atomic E-state index is 4.22. The van der Waals surface area contributed by atoms with Gasteiger partial charge in [0.25, 0.3) is 0 Å². The van der Waals surface area contributed by atoms with Crippen molar-refractivity contribution in [1.29, 1.82) is 0 Å². The maximum Gasteiger partial charge on any atom is 0.132 e. The van der Waals surface area contributed by atoms with Crippen LogP contribution in [0, 0.1) is 0 Å². The second-order valence-corrected chi connectivity index (χ2v) is 2.75. The van der Waals surface area contributed by atoms with Crippen LogP contribution in [0.1, 0.15) is 17.7 Å². The highest BCUT2D eigenvalue weighted by atomic mass is 15.0. The van der Waals surface area contributed by atoms with Crippen LogP contribution in [-0.4, -0.2) is 17.0 Å². The summed E-state index contributed by atoms with van der Waals surface area (Å²) in [5.74, 6) is 1.01. The second-order valence-electron chi connectivity index (χ2n) is 2.75. The van der Waals surface area contributed by atoms with E-state index in [-0.39, 0.29) is 0 Å². The van der Waals surface area contributed by atoms with E-state index in [1.807, 2.05) is 7.05 Å². The Labute approximate surface area is 65.9 Å². The lowest BCUT2D eigenvalue weighted by Gasteiger charge is -2.03. The first kappa shape index (κ1) is 6.58. The molecule has 11 heavy (non-hydrogen) atoms. The summed E-state index contributed by atoms with van der Waals surface area (Å²) >= 11 is 0. The third-order valence-electron chi connectivity index (χ3n) is 2.11. The number of hydrogen-bond acceptors (Lipinski definition) is 3. The summed E-state index contributed by atoms with van der Waals surface area (Å²) in [5, 5.41) is 3.08. The molecule has 3 nitrogen and oxygen atoms in total. The molecule has 0 bridgehead atoms. The molecule has 0 spiro atoms. The summed E-state index contributed by atoms with van der Waals surface area (Å²) in [5.41, 5.74) is 2.54. The Morgan fingerprint density at radius 3 is 3.09 bits per heavy atom. The van der Waals surface area contributed by atoms with Gasteiger partial charge in [-0.1, -0.05) is 0 Å². The van der Waals surface area contributed by atoms with Crippen molar-refractivity contribution in [3.63, 3.8) is 0 Å². The SMILES string of the molecule is CNc1ncnc2c1CCC2. The van der Waals surface area contributed by atoms with Crippen LogP contribution >= 0.6 is 0 Å². The normalized spacial score (nSPS) is 14.6. The molecular weight excluding hydrogens is 138 g/mol. The number of nitrogens with zero attached hydrogens (tertiary/aromatic N) is 2. The fourth-order valence-electron chi connectivity index (χ4n) is 1.57. The van der Waals surface area contributed by atoms with Gasteiger partial charge in [-0.05, 0) is 19.3 Å². The molecule has 0 saturated heterocycles. The number of aromatic nitrogens is 2. The predicted molar refractivity (Wildman–Crippen MR) is 43.6 cm³/mol. The van der Waals surface area contributed by atoms with Crippen molar-refractivity contribution in [2.24, 2.45) is 0 Å². The van der Waals surface area contributed by atoms with Gasteiger partial charge < -0.3 is 5.32 Å². The Morgan fingerprint density at radius 1 is 1.36 bits per heavy atom. The van der Waals surface area contributed by atoms with E-state index in [0.29, 0.717) is 0 Å². The van der Waals surface area contributed by atoms with E-state index < -0.39 is 0 Å². The van der Waals surface area contributed by atoms with Gasteiger partial charge in [-0.25, -0.2) is 9.97 Å². The number of anilines is 1. The van der Waals surface area contributed by atoms with E-state index in [4.69, 9.17) is 0 Å². The smallest absolute Gasteiger partial charge is 0.132 e. The van der Waals surface area contributed by atoms with Crippen LogP contribution in [0.25, 0.3) is 0 Å². The first-order valence-electron chi connectivity index (χ1n) is 3.92. The molecule has 1 N–H and O–H groups in total. The Morgan fingerprint density at radius 2 is 2.27 bits per heavy atom. The van der Waals surface area contributed by atoms with Crippen molar-refractivity contribution in [2.75, 3.05) is 12.4 Å². The Balaban J connectivity index is 2.50. The standard InChI is InChI=1S/C8H11N3/c1-9-8-6-3-2-4-7(6)10-5-11-8/h5H,2-4H2,1H3,(H,9,10,11). The third kappa shape index (κ3) is 0.964. The van der Waals surface area contributed by atoms with E-state index in [1.54, 1.807) is 6.33 Å². The predicted octanol–water partition coefficient (Wildman–Crippen LogP) is 1.01. The molecule has 0 amide bonds. The molecular formula is C8H11N3. The fourth-order valence-corrected chi connectivity index (χ4v) is 1.57. The fraction of sp³-hybridized carbons (Fsp3) is 0.500. The quantitative estimate of drug-likeness (QED) is 0.647. The van der Waals surface area contributed by atoms with Crippen molar-refractivity contribution < 1.29 is 0 Å². The van der Waals surface area contributed by atoms with Gasteiger partial charge in [-0.3, -0.25) is 0 Å². The number of aryl methyl sites for hydroxylation is 1. The molecule has 0 unspecified atom stereocenters. The molecule has 0 saturated carbocycles. The highest BCUT2D eigenvalue weighted by Gasteiger charge is 2.15. The van der Waals surface area contributed by atoms with Gasteiger partial charge in [-0.15, -0.1) is 0 Å². The lowest BCUT2D eigenvalue weighted by Crippen LogP contribution is -1.99. The zero-order chi connectivity index (χ0) is 7.68. The van der Waals surface area contributed by atoms with Crippen molar-refractivity contribution >= 4 is 5.82 Å². The molecule has 3 heteroatoms. The molecule has 1 aliphatic carbocycles. The summed E-state index contributed by atoms with van der Waals surface area (Å²) in [6.45, 7) is 0. The minimum atomic E-state index is 1.01. The van der Waals surface area contributed by atoms with Gasteiger partial charge in [0, 0.05) is 18.3 Å². The maximum absolute atomic E-state index is 4.22.